The van der Waals surface area contributed by atoms with E-state index in [1.54, 1.807) is 4.40 Å². The first kappa shape index (κ1) is 19.7. The number of aryl methyl sites for hydroxylation is 1. The lowest BCUT2D eigenvalue weighted by molar-refractivity contribution is 0.0890. The second kappa shape index (κ2) is 8.74. The number of aliphatic hydroxyl groups is 1. The fourth-order valence-corrected chi connectivity index (χ4v) is 3.76. The highest BCUT2D eigenvalue weighted by atomic mass is 16.5. The van der Waals surface area contributed by atoms with Gasteiger partial charge in [0.1, 0.15) is 5.69 Å². The number of imidazole rings is 1. The number of ether oxygens (including phenoxy) is 1. The Hall–Kier alpha value is -2.08. The Kier molecular flexibility index (Phi) is 6.37. The highest BCUT2D eigenvalue weighted by Crippen LogP contribution is 2.27. The van der Waals surface area contributed by atoms with E-state index in [1.165, 1.54) is 32.1 Å². The van der Waals surface area contributed by atoms with Crippen LogP contribution in [0.3, 0.4) is 0 Å². The molecule has 0 radical (unpaired) electrons. The monoisotopic (exact) mass is 373 g/mol. The number of rotatable bonds is 7. The van der Waals surface area contributed by atoms with Gasteiger partial charge in [-0.15, -0.1) is 0 Å². The van der Waals surface area contributed by atoms with E-state index in [1.807, 2.05) is 39.1 Å². The fraction of sp³-hybridized carbons (Fsp3) is 0.619. The normalized spacial score (nSPS) is 16.6. The molecule has 148 valence electrons. The van der Waals surface area contributed by atoms with Crippen LogP contribution in [-0.2, 0) is 0 Å². The van der Waals surface area contributed by atoms with Crippen LogP contribution in [0.25, 0.3) is 5.65 Å². The molecule has 1 unspecified atom stereocenters. The molecule has 1 amide bonds. The summed E-state index contributed by atoms with van der Waals surface area (Å²) in [5.74, 6) is 1.24. The molecule has 2 heterocycles. The maximum Gasteiger partial charge on any atom is 0.270 e. The first-order chi connectivity index (χ1) is 13.0. The van der Waals surface area contributed by atoms with E-state index < -0.39 is 0 Å². The third-order valence-corrected chi connectivity index (χ3v) is 5.52. The average Bonchev–Trinajstić information content (AvgIpc) is 3.01. The van der Waals surface area contributed by atoms with E-state index in [4.69, 9.17) is 4.74 Å². The molecule has 2 N–H and O–H groups in total. The Morgan fingerprint density at radius 3 is 2.78 bits per heavy atom. The largest absolute Gasteiger partial charge is 0.489 e. The molecule has 6 nitrogen and oxygen atoms in total. The summed E-state index contributed by atoms with van der Waals surface area (Å²) in [6.45, 7) is 6.39. The van der Waals surface area contributed by atoms with Crippen molar-refractivity contribution in [1.82, 2.24) is 14.7 Å². The predicted molar refractivity (Wildman–Crippen MR) is 105 cm³/mol. The standard InChI is InChI=1S/C21H31N3O3/c1-14(2)17(12-25)23-21(26)19-15(3)22-20-18(10-7-11-24(19)20)27-13-16-8-5-4-6-9-16/h7,10-11,14,16-17,25H,4-6,8-9,12-13H2,1-3H3,(H,23,26). The van der Waals surface area contributed by atoms with Crippen molar-refractivity contribution in [3.63, 3.8) is 0 Å². The van der Waals surface area contributed by atoms with Crippen molar-refractivity contribution in [3.8, 4) is 5.75 Å². The maximum absolute atomic E-state index is 12.8. The Morgan fingerprint density at radius 2 is 2.11 bits per heavy atom. The number of nitrogens with zero attached hydrogens (tertiary/aromatic N) is 2. The van der Waals surface area contributed by atoms with Crippen molar-refractivity contribution in [2.24, 2.45) is 11.8 Å². The number of aliphatic hydroxyl groups excluding tert-OH is 1. The Morgan fingerprint density at radius 1 is 1.37 bits per heavy atom. The van der Waals surface area contributed by atoms with Gasteiger partial charge < -0.3 is 15.2 Å². The molecule has 1 aliphatic carbocycles. The number of pyridine rings is 1. The van der Waals surface area contributed by atoms with Crippen LogP contribution in [-0.4, -0.2) is 39.7 Å². The van der Waals surface area contributed by atoms with Gasteiger partial charge in [-0.25, -0.2) is 4.98 Å². The van der Waals surface area contributed by atoms with Crippen LogP contribution < -0.4 is 10.1 Å². The van der Waals surface area contributed by atoms with E-state index in [-0.39, 0.29) is 24.5 Å². The third kappa shape index (κ3) is 4.43. The minimum absolute atomic E-state index is 0.0884. The van der Waals surface area contributed by atoms with Gasteiger partial charge in [0, 0.05) is 6.20 Å². The number of carbonyl (C=O) groups is 1. The van der Waals surface area contributed by atoms with Gasteiger partial charge in [-0.05, 0) is 43.7 Å². The van der Waals surface area contributed by atoms with Crippen molar-refractivity contribution >= 4 is 11.6 Å². The van der Waals surface area contributed by atoms with Gasteiger partial charge in [0.25, 0.3) is 5.91 Å². The molecule has 6 heteroatoms. The number of aromatic nitrogens is 2. The first-order valence-electron chi connectivity index (χ1n) is 10.0. The topological polar surface area (TPSA) is 75.9 Å². The fourth-order valence-electron chi connectivity index (χ4n) is 3.76. The van der Waals surface area contributed by atoms with E-state index >= 15 is 0 Å². The highest BCUT2D eigenvalue weighted by Gasteiger charge is 2.23. The van der Waals surface area contributed by atoms with Crippen molar-refractivity contribution in [1.29, 1.82) is 0 Å². The van der Waals surface area contributed by atoms with Crippen LogP contribution in [0.15, 0.2) is 18.3 Å². The highest BCUT2D eigenvalue weighted by molar-refractivity contribution is 5.95. The Balaban J connectivity index is 1.81. The average molecular weight is 373 g/mol. The van der Waals surface area contributed by atoms with Crippen molar-refractivity contribution in [2.75, 3.05) is 13.2 Å². The Labute approximate surface area is 160 Å². The van der Waals surface area contributed by atoms with Crippen LogP contribution in [0.1, 0.15) is 62.1 Å². The quantitative estimate of drug-likeness (QED) is 0.780. The van der Waals surface area contributed by atoms with Crippen LogP contribution in [0, 0.1) is 18.8 Å². The predicted octanol–water partition coefficient (Wildman–Crippen LogP) is 3.35. The molecule has 1 aliphatic rings. The molecule has 0 spiro atoms. The summed E-state index contributed by atoms with van der Waals surface area (Å²) >= 11 is 0. The van der Waals surface area contributed by atoms with Crippen LogP contribution >= 0.6 is 0 Å². The molecule has 0 aliphatic heterocycles. The summed E-state index contributed by atoms with van der Waals surface area (Å²) in [5.41, 5.74) is 1.81. The van der Waals surface area contributed by atoms with Gasteiger partial charge in [-0.2, -0.15) is 0 Å². The van der Waals surface area contributed by atoms with Gasteiger partial charge in [-0.1, -0.05) is 33.1 Å². The third-order valence-electron chi connectivity index (χ3n) is 5.52. The molecule has 2 aromatic heterocycles. The SMILES string of the molecule is Cc1nc2c(OCC3CCCCC3)cccn2c1C(=O)NC(CO)C(C)C. The second-order valence-electron chi connectivity index (χ2n) is 7.93. The van der Waals surface area contributed by atoms with Gasteiger partial charge >= 0.3 is 0 Å². The molecule has 0 saturated heterocycles. The van der Waals surface area contributed by atoms with Crippen LogP contribution in [0.2, 0.25) is 0 Å². The summed E-state index contributed by atoms with van der Waals surface area (Å²) in [6.07, 6.45) is 8.18. The number of hydrogen-bond donors (Lipinski definition) is 2. The molecule has 0 aromatic carbocycles. The molecule has 27 heavy (non-hydrogen) atoms. The Bertz CT molecular complexity index is 778. The zero-order chi connectivity index (χ0) is 19.4. The number of fused-ring (bicyclic) bond motifs is 1. The zero-order valence-electron chi connectivity index (χ0n) is 16.6. The van der Waals surface area contributed by atoms with Gasteiger partial charge in [0.05, 0.1) is 24.9 Å². The maximum atomic E-state index is 12.8. The van der Waals surface area contributed by atoms with Gasteiger partial charge in [0.2, 0.25) is 0 Å². The molecule has 0 bridgehead atoms. The van der Waals surface area contributed by atoms with E-state index in [0.717, 1.165) is 0 Å². The zero-order valence-corrected chi connectivity index (χ0v) is 16.6. The van der Waals surface area contributed by atoms with Crippen LogP contribution in [0.4, 0.5) is 0 Å². The summed E-state index contributed by atoms with van der Waals surface area (Å²) in [4.78, 5) is 17.4. The lowest BCUT2D eigenvalue weighted by atomic mass is 9.90. The second-order valence-corrected chi connectivity index (χ2v) is 7.93. The smallest absolute Gasteiger partial charge is 0.270 e. The first-order valence-corrected chi connectivity index (χ1v) is 10.0. The lowest BCUT2D eigenvalue weighted by Crippen LogP contribution is -2.41. The number of carbonyl (C=O) groups excluding carboxylic acids is 1. The van der Waals surface area contributed by atoms with Gasteiger partial charge in [0.15, 0.2) is 11.4 Å². The molecular formula is C21H31N3O3. The minimum Gasteiger partial charge on any atom is -0.489 e. The minimum atomic E-state index is -0.284. The number of hydrogen-bond acceptors (Lipinski definition) is 4. The number of amides is 1. The van der Waals surface area contributed by atoms with E-state index in [2.05, 4.69) is 10.3 Å². The van der Waals surface area contributed by atoms with Crippen molar-refractivity contribution in [2.45, 2.75) is 58.9 Å². The molecule has 2 aromatic rings. The summed E-state index contributed by atoms with van der Waals surface area (Å²) in [5, 5.41) is 12.4. The summed E-state index contributed by atoms with van der Waals surface area (Å²) < 4.78 is 7.88. The van der Waals surface area contributed by atoms with Crippen molar-refractivity contribution < 1.29 is 14.6 Å². The summed E-state index contributed by atoms with van der Waals surface area (Å²) in [6, 6.07) is 3.51. The van der Waals surface area contributed by atoms with Crippen molar-refractivity contribution in [3.05, 3.63) is 29.7 Å². The molecule has 3 rings (SSSR count). The molecule has 1 fully saturated rings. The van der Waals surface area contributed by atoms with E-state index in [0.29, 0.717) is 35.3 Å². The summed E-state index contributed by atoms with van der Waals surface area (Å²) in [7, 11) is 0. The lowest BCUT2D eigenvalue weighted by Gasteiger charge is -2.21. The number of nitrogens with one attached hydrogen (secondary N) is 1. The van der Waals surface area contributed by atoms with Gasteiger partial charge in [-0.3, -0.25) is 9.20 Å². The molecular weight excluding hydrogens is 342 g/mol. The van der Waals surface area contributed by atoms with E-state index in [9.17, 15) is 9.90 Å². The van der Waals surface area contributed by atoms with Crippen LogP contribution in [0.5, 0.6) is 5.75 Å². The molecule has 1 atom stereocenters. The molecule has 1 saturated carbocycles.